The van der Waals surface area contributed by atoms with Crippen molar-refractivity contribution in [2.24, 2.45) is 5.92 Å². The van der Waals surface area contributed by atoms with Crippen LogP contribution in [0.15, 0.2) is 18.3 Å². The minimum Gasteiger partial charge on any atom is -0.370 e. The molecule has 0 aromatic carbocycles. The molecule has 20 heavy (non-hydrogen) atoms. The smallest absolute Gasteiger partial charge is 0.251 e. The van der Waals surface area contributed by atoms with Gasteiger partial charge in [-0.25, -0.2) is 4.98 Å². The summed E-state index contributed by atoms with van der Waals surface area (Å²) in [5.41, 5.74) is 0.668. The third-order valence-corrected chi connectivity index (χ3v) is 3.75. The second-order valence-corrected chi connectivity index (χ2v) is 5.22. The average Bonchev–Trinajstić information content (AvgIpc) is 2.93. The zero-order valence-electron chi connectivity index (χ0n) is 12.4. The standard InChI is InChI=1S/C15H24N4O/c1-3-16-14-9-13(5-7-17-14)15(20)18-10-12-6-8-19(4-2)11-12/h5,7,9,12H,3-4,6,8,10-11H2,1-2H3,(H,16,17)(H,18,20). The molecule has 1 unspecified atom stereocenters. The molecule has 110 valence electrons. The summed E-state index contributed by atoms with van der Waals surface area (Å²) < 4.78 is 0. The van der Waals surface area contributed by atoms with Gasteiger partial charge in [-0.3, -0.25) is 4.79 Å². The Morgan fingerprint density at radius 2 is 2.35 bits per heavy atom. The van der Waals surface area contributed by atoms with Crippen molar-refractivity contribution in [3.05, 3.63) is 23.9 Å². The maximum absolute atomic E-state index is 12.1. The molecular formula is C15H24N4O. The largest absolute Gasteiger partial charge is 0.370 e. The summed E-state index contributed by atoms with van der Waals surface area (Å²) in [7, 11) is 0. The minimum absolute atomic E-state index is 0.0125. The van der Waals surface area contributed by atoms with Gasteiger partial charge in [0.05, 0.1) is 0 Å². The summed E-state index contributed by atoms with van der Waals surface area (Å²) >= 11 is 0. The zero-order chi connectivity index (χ0) is 14.4. The molecule has 0 radical (unpaired) electrons. The summed E-state index contributed by atoms with van der Waals surface area (Å²) in [6.07, 6.45) is 2.84. The normalized spacial score (nSPS) is 19.0. The lowest BCUT2D eigenvalue weighted by Gasteiger charge is -2.14. The molecule has 5 heteroatoms. The van der Waals surface area contributed by atoms with E-state index in [1.165, 1.54) is 6.42 Å². The minimum atomic E-state index is -0.0125. The quantitative estimate of drug-likeness (QED) is 0.828. The average molecular weight is 276 g/mol. The molecule has 1 aromatic heterocycles. The van der Waals surface area contributed by atoms with E-state index in [1.54, 1.807) is 18.3 Å². The fourth-order valence-corrected chi connectivity index (χ4v) is 2.56. The number of hydrogen-bond donors (Lipinski definition) is 2. The van der Waals surface area contributed by atoms with Gasteiger partial charge in [-0.15, -0.1) is 0 Å². The molecule has 1 saturated heterocycles. The monoisotopic (exact) mass is 276 g/mol. The van der Waals surface area contributed by atoms with Crippen LogP contribution >= 0.6 is 0 Å². The van der Waals surface area contributed by atoms with E-state index >= 15 is 0 Å². The lowest BCUT2D eigenvalue weighted by Crippen LogP contribution is -2.31. The number of hydrogen-bond acceptors (Lipinski definition) is 4. The van der Waals surface area contributed by atoms with Crippen LogP contribution in [0.1, 0.15) is 30.6 Å². The number of anilines is 1. The molecule has 2 heterocycles. The highest BCUT2D eigenvalue weighted by Crippen LogP contribution is 2.15. The second kappa shape index (κ2) is 7.24. The van der Waals surface area contributed by atoms with Gasteiger partial charge in [-0.05, 0) is 44.5 Å². The number of nitrogens with zero attached hydrogens (tertiary/aromatic N) is 2. The van der Waals surface area contributed by atoms with Crippen molar-refractivity contribution in [2.45, 2.75) is 20.3 Å². The van der Waals surface area contributed by atoms with Crippen molar-refractivity contribution in [1.29, 1.82) is 0 Å². The van der Waals surface area contributed by atoms with Crippen molar-refractivity contribution >= 4 is 11.7 Å². The van der Waals surface area contributed by atoms with Crippen LogP contribution in [0.25, 0.3) is 0 Å². The van der Waals surface area contributed by atoms with Crippen LogP contribution in [0.3, 0.4) is 0 Å². The van der Waals surface area contributed by atoms with Gasteiger partial charge in [-0.1, -0.05) is 6.92 Å². The van der Waals surface area contributed by atoms with Crippen LogP contribution in [-0.4, -0.2) is 48.5 Å². The molecule has 2 rings (SSSR count). The summed E-state index contributed by atoms with van der Waals surface area (Å²) in [4.78, 5) is 18.7. The van der Waals surface area contributed by atoms with Crippen LogP contribution in [-0.2, 0) is 0 Å². The van der Waals surface area contributed by atoms with Crippen molar-refractivity contribution in [2.75, 3.05) is 38.0 Å². The molecule has 0 saturated carbocycles. The Kier molecular flexibility index (Phi) is 5.35. The Labute approximate surface area is 120 Å². The van der Waals surface area contributed by atoms with Crippen molar-refractivity contribution in [3.63, 3.8) is 0 Å². The molecule has 1 aromatic rings. The number of amides is 1. The van der Waals surface area contributed by atoms with Crippen LogP contribution in [0.2, 0.25) is 0 Å². The Morgan fingerprint density at radius 1 is 1.50 bits per heavy atom. The molecule has 2 N–H and O–H groups in total. The van der Waals surface area contributed by atoms with Gasteiger partial charge in [0, 0.05) is 31.4 Å². The number of pyridine rings is 1. The molecule has 0 spiro atoms. The maximum Gasteiger partial charge on any atom is 0.251 e. The van der Waals surface area contributed by atoms with Crippen molar-refractivity contribution in [1.82, 2.24) is 15.2 Å². The highest BCUT2D eigenvalue weighted by atomic mass is 16.1. The molecule has 5 nitrogen and oxygen atoms in total. The molecule has 1 atom stereocenters. The highest BCUT2D eigenvalue weighted by Gasteiger charge is 2.21. The highest BCUT2D eigenvalue weighted by molar-refractivity contribution is 5.94. The van der Waals surface area contributed by atoms with Crippen molar-refractivity contribution in [3.8, 4) is 0 Å². The van der Waals surface area contributed by atoms with E-state index in [4.69, 9.17) is 0 Å². The zero-order valence-corrected chi connectivity index (χ0v) is 12.4. The SMILES string of the molecule is CCNc1cc(C(=O)NCC2CCN(CC)C2)ccn1. The van der Waals surface area contributed by atoms with Gasteiger partial charge < -0.3 is 15.5 Å². The molecule has 1 aliphatic rings. The van der Waals surface area contributed by atoms with E-state index in [0.29, 0.717) is 11.5 Å². The van der Waals surface area contributed by atoms with Crippen LogP contribution in [0.5, 0.6) is 0 Å². The Morgan fingerprint density at radius 3 is 3.05 bits per heavy atom. The first-order valence-electron chi connectivity index (χ1n) is 7.43. The number of carbonyl (C=O) groups is 1. The molecule has 0 aliphatic carbocycles. The van der Waals surface area contributed by atoms with Crippen molar-refractivity contribution < 1.29 is 4.79 Å². The molecular weight excluding hydrogens is 252 g/mol. The van der Waals surface area contributed by atoms with Gasteiger partial charge in [-0.2, -0.15) is 0 Å². The third kappa shape index (κ3) is 3.93. The van der Waals surface area contributed by atoms with E-state index in [9.17, 15) is 4.79 Å². The Balaban J connectivity index is 1.84. The number of carbonyl (C=O) groups excluding carboxylic acids is 1. The van der Waals surface area contributed by atoms with E-state index < -0.39 is 0 Å². The fraction of sp³-hybridized carbons (Fsp3) is 0.600. The Bertz CT molecular complexity index is 449. The lowest BCUT2D eigenvalue weighted by atomic mass is 10.1. The van der Waals surface area contributed by atoms with Crippen LogP contribution in [0, 0.1) is 5.92 Å². The fourth-order valence-electron chi connectivity index (χ4n) is 2.56. The first-order chi connectivity index (χ1) is 9.72. The summed E-state index contributed by atoms with van der Waals surface area (Å²) in [6.45, 7) is 9.09. The Hall–Kier alpha value is -1.62. The second-order valence-electron chi connectivity index (χ2n) is 5.22. The molecule has 1 aliphatic heterocycles. The first-order valence-corrected chi connectivity index (χ1v) is 7.43. The summed E-state index contributed by atoms with van der Waals surface area (Å²) in [5, 5.41) is 6.15. The van der Waals surface area contributed by atoms with Gasteiger partial charge >= 0.3 is 0 Å². The summed E-state index contributed by atoms with van der Waals surface area (Å²) in [6, 6.07) is 3.55. The first kappa shape index (κ1) is 14.8. The van der Waals surface area contributed by atoms with Crippen LogP contribution < -0.4 is 10.6 Å². The number of aromatic nitrogens is 1. The number of rotatable bonds is 6. The molecule has 0 bridgehead atoms. The van der Waals surface area contributed by atoms with Gasteiger partial charge in [0.2, 0.25) is 0 Å². The molecule has 1 fully saturated rings. The van der Waals surface area contributed by atoms with E-state index in [2.05, 4.69) is 27.4 Å². The predicted octanol–water partition coefficient (Wildman–Crippen LogP) is 1.58. The maximum atomic E-state index is 12.1. The lowest BCUT2D eigenvalue weighted by molar-refractivity contribution is 0.0947. The van der Waals surface area contributed by atoms with Gasteiger partial charge in [0.25, 0.3) is 5.91 Å². The predicted molar refractivity (Wildman–Crippen MR) is 81.0 cm³/mol. The van der Waals surface area contributed by atoms with E-state index in [-0.39, 0.29) is 5.91 Å². The van der Waals surface area contributed by atoms with Gasteiger partial charge in [0.1, 0.15) is 5.82 Å². The van der Waals surface area contributed by atoms with Crippen LogP contribution in [0.4, 0.5) is 5.82 Å². The number of likely N-dealkylation sites (tertiary alicyclic amines) is 1. The number of nitrogens with one attached hydrogen (secondary N) is 2. The molecule has 1 amide bonds. The van der Waals surface area contributed by atoms with E-state index in [0.717, 1.165) is 38.5 Å². The van der Waals surface area contributed by atoms with E-state index in [1.807, 2.05) is 6.92 Å². The topological polar surface area (TPSA) is 57.3 Å². The van der Waals surface area contributed by atoms with Gasteiger partial charge in [0.15, 0.2) is 0 Å². The summed E-state index contributed by atoms with van der Waals surface area (Å²) in [5.74, 6) is 1.31. The third-order valence-electron chi connectivity index (χ3n) is 3.75.